The van der Waals surface area contributed by atoms with Crippen LogP contribution in [0.15, 0.2) is 78.9 Å². The van der Waals surface area contributed by atoms with Crippen LogP contribution in [0.1, 0.15) is 24.1 Å². The molecule has 172 valence electrons. The van der Waals surface area contributed by atoms with Gasteiger partial charge in [-0.3, -0.25) is 24.5 Å². The number of anilines is 2. The largest absolute Gasteiger partial charge is 0.466 e. The molecule has 1 spiro atoms. The maximum absolute atomic E-state index is 13.5. The quantitative estimate of drug-likeness (QED) is 0.347. The van der Waals surface area contributed by atoms with Crippen molar-refractivity contribution in [3.05, 3.63) is 100 Å². The predicted molar refractivity (Wildman–Crippen MR) is 123 cm³/mol. The minimum absolute atomic E-state index is 0.0831. The Kier molecular flexibility index (Phi) is 5.25. The van der Waals surface area contributed by atoms with Crippen LogP contribution >= 0.6 is 0 Å². The number of benzene rings is 3. The third-order valence-electron chi connectivity index (χ3n) is 6.16. The molecule has 2 heterocycles. The number of nitrogens with one attached hydrogen (secondary N) is 1. The lowest BCUT2D eigenvalue weighted by Crippen LogP contribution is -2.45. The van der Waals surface area contributed by atoms with Gasteiger partial charge in [-0.15, -0.1) is 0 Å². The first kappa shape index (κ1) is 21.6. The summed E-state index contributed by atoms with van der Waals surface area (Å²) < 4.78 is 5.44. The number of nitrogens with zero attached hydrogens (tertiary/aromatic N) is 2. The van der Waals surface area contributed by atoms with Crippen LogP contribution in [0.5, 0.6) is 0 Å². The van der Waals surface area contributed by atoms with Gasteiger partial charge in [-0.25, -0.2) is 5.06 Å². The SMILES string of the molecule is CCOC(=O)[C@H]1[C@H](c2ccc([N+](=O)[O-])cc2)N(c2ccccc2)OC12C(=O)Nc1ccccc12. The Balaban J connectivity index is 1.74. The molecule has 3 atom stereocenters. The van der Waals surface area contributed by atoms with Crippen LogP contribution < -0.4 is 10.4 Å². The molecule has 0 radical (unpaired) electrons. The fourth-order valence-electron chi connectivity index (χ4n) is 4.72. The highest BCUT2D eigenvalue weighted by Gasteiger charge is 2.67. The molecule has 1 N–H and O–H groups in total. The van der Waals surface area contributed by atoms with Crippen molar-refractivity contribution >= 4 is 28.9 Å². The van der Waals surface area contributed by atoms with Crippen LogP contribution in [0, 0.1) is 16.0 Å². The Labute approximate surface area is 195 Å². The molecular weight excluding hydrogens is 438 g/mol. The molecule has 2 aliphatic heterocycles. The number of non-ortho nitro benzene ring substituents is 1. The fraction of sp³-hybridized carbons (Fsp3) is 0.200. The third kappa shape index (κ3) is 3.20. The molecule has 0 bridgehead atoms. The molecule has 34 heavy (non-hydrogen) atoms. The summed E-state index contributed by atoms with van der Waals surface area (Å²) in [5, 5.41) is 15.6. The molecule has 9 heteroatoms. The summed E-state index contributed by atoms with van der Waals surface area (Å²) in [6.07, 6.45) is 0. The first-order valence-electron chi connectivity index (χ1n) is 10.8. The van der Waals surface area contributed by atoms with Crippen molar-refractivity contribution < 1.29 is 24.1 Å². The number of carbonyl (C=O) groups is 2. The molecule has 9 nitrogen and oxygen atoms in total. The van der Waals surface area contributed by atoms with E-state index in [2.05, 4.69) is 5.32 Å². The van der Waals surface area contributed by atoms with Gasteiger partial charge < -0.3 is 10.1 Å². The van der Waals surface area contributed by atoms with Gasteiger partial charge in [0.05, 0.1) is 23.3 Å². The van der Waals surface area contributed by atoms with Gasteiger partial charge >= 0.3 is 5.97 Å². The molecule has 2 aliphatic rings. The number of nitro benzene ring substituents is 1. The van der Waals surface area contributed by atoms with Crippen molar-refractivity contribution in [2.75, 3.05) is 17.0 Å². The molecule has 3 aromatic carbocycles. The Morgan fingerprint density at radius 3 is 2.44 bits per heavy atom. The second-order valence-electron chi connectivity index (χ2n) is 8.01. The first-order valence-corrected chi connectivity index (χ1v) is 10.8. The van der Waals surface area contributed by atoms with E-state index < -0.39 is 34.4 Å². The van der Waals surface area contributed by atoms with E-state index in [0.717, 1.165) is 0 Å². The second-order valence-corrected chi connectivity index (χ2v) is 8.01. The number of hydroxylamine groups is 1. The Morgan fingerprint density at radius 1 is 1.09 bits per heavy atom. The number of amides is 1. The normalized spacial score (nSPS) is 23.0. The summed E-state index contributed by atoms with van der Waals surface area (Å²) in [4.78, 5) is 44.2. The van der Waals surface area contributed by atoms with Crippen molar-refractivity contribution in [2.45, 2.75) is 18.6 Å². The zero-order valence-corrected chi connectivity index (χ0v) is 18.2. The van der Waals surface area contributed by atoms with Crippen LogP contribution in [0.2, 0.25) is 0 Å². The van der Waals surface area contributed by atoms with Gasteiger partial charge in [0.1, 0.15) is 5.92 Å². The van der Waals surface area contributed by atoms with Crippen LogP contribution in [-0.4, -0.2) is 23.4 Å². The summed E-state index contributed by atoms with van der Waals surface area (Å²) in [5.41, 5.74) is 0.518. The lowest BCUT2D eigenvalue weighted by atomic mass is 9.76. The van der Waals surface area contributed by atoms with Crippen molar-refractivity contribution in [1.82, 2.24) is 0 Å². The standard InChI is InChI=1S/C25H21N3O6/c1-2-33-23(29)21-22(16-12-14-18(15-13-16)28(31)32)27(17-8-4-3-5-9-17)34-25(21)19-10-6-7-11-20(19)26-24(25)30/h3-15,21-22H,2H2,1H3,(H,26,30)/t21-,22+,25?/m1/s1. The van der Waals surface area contributed by atoms with Crippen molar-refractivity contribution in [3.8, 4) is 0 Å². The average molecular weight is 459 g/mol. The van der Waals surface area contributed by atoms with E-state index in [9.17, 15) is 19.7 Å². The Bertz CT molecular complexity index is 1260. The van der Waals surface area contributed by atoms with Gasteiger partial charge in [-0.1, -0.05) is 48.5 Å². The summed E-state index contributed by atoms with van der Waals surface area (Å²) >= 11 is 0. The molecular formula is C25H21N3O6. The van der Waals surface area contributed by atoms with E-state index in [0.29, 0.717) is 22.5 Å². The zero-order valence-electron chi connectivity index (χ0n) is 18.2. The van der Waals surface area contributed by atoms with E-state index >= 15 is 0 Å². The molecule has 1 fully saturated rings. The molecule has 0 saturated carbocycles. The Hall–Kier alpha value is -4.24. The Morgan fingerprint density at radius 2 is 1.76 bits per heavy atom. The van der Waals surface area contributed by atoms with Gasteiger partial charge in [0.2, 0.25) is 5.60 Å². The summed E-state index contributed by atoms with van der Waals surface area (Å²) in [6, 6.07) is 21.2. The van der Waals surface area contributed by atoms with Gasteiger partial charge in [0, 0.05) is 23.4 Å². The lowest BCUT2D eigenvalue weighted by Gasteiger charge is -2.26. The molecule has 1 unspecified atom stereocenters. The molecule has 1 saturated heterocycles. The highest BCUT2D eigenvalue weighted by atomic mass is 16.7. The summed E-state index contributed by atoms with van der Waals surface area (Å²) in [6.45, 7) is 1.81. The molecule has 5 rings (SSSR count). The predicted octanol–water partition coefficient (Wildman–Crippen LogP) is 4.11. The molecule has 0 aromatic heterocycles. The van der Waals surface area contributed by atoms with Gasteiger partial charge in [-0.2, -0.15) is 0 Å². The smallest absolute Gasteiger partial charge is 0.315 e. The summed E-state index contributed by atoms with van der Waals surface area (Å²) in [7, 11) is 0. The topological polar surface area (TPSA) is 111 Å². The number of nitro groups is 1. The summed E-state index contributed by atoms with van der Waals surface area (Å²) in [5.74, 6) is -2.16. The van der Waals surface area contributed by atoms with Crippen LogP contribution in [-0.2, 0) is 24.8 Å². The number of ether oxygens (including phenoxy) is 1. The van der Waals surface area contributed by atoms with E-state index in [-0.39, 0.29) is 12.3 Å². The lowest BCUT2D eigenvalue weighted by molar-refractivity contribution is -0.384. The minimum Gasteiger partial charge on any atom is -0.466 e. The van der Waals surface area contributed by atoms with Crippen LogP contribution in [0.25, 0.3) is 0 Å². The zero-order chi connectivity index (χ0) is 23.9. The number of esters is 1. The number of para-hydroxylation sites is 2. The number of hydrogen-bond donors (Lipinski definition) is 1. The third-order valence-corrected chi connectivity index (χ3v) is 6.16. The maximum atomic E-state index is 13.5. The van der Waals surface area contributed by atoms with E-state index in [1.807, 2.05) is 18.2 Å². The van der Waals surface area contributed by atoms with Gasteiger partial charge in [0.15, 0.2) is 0 Å². The van der Waals surface area contributed by atoms with E-state index in [1.165, 1.54) is 17.2 Å². The molecule has 0 aliphatic carbocycles. The highest BCUT2D eigenvalue weighted by molar-refractivity contribution is 6.08. The van der Waals surface area contributed by atoms with Crippen molar-refractivity contribution in [3.63, 3.8) is 0 Å². The van der Waals surface area contributed by atoms with E-state index in [4.69, 9.17) is 9.57 Å². The number of rotatable bonds is 5. The molecule has 3 aromatic rings. The highest BCUT2D eigenvalue weighted by Crippen LogP contribution is 2.57. The number of hydrogen-bond acceptors (Lipinski definition) is 7. The van der Waals surface area contributed by atoms with Crippen LogP contribution in [0.3, 0.4) is 0 Å². The van der Waals surface area contributed by atoms with Crippen molar-refractivity contribution in [1.29, 1.82) is 0 Å². The number of fused-ring (bicyclic) bond motifs is 2. The molecule has 1 amide bonds. The fourth-order valence-corrected chi connectivity index (χ4v) is 4.72. The van der Waals surface area contributed by atoms with Crippen molar-refractivity contribution in [2.24, 2.45) is 5.92 Å². The number of carbonyl (C=O) groups excluding carboxylic acids is 2. The van der Waals surface area contributed by atoms with Crippen LogP contribution in [0.4, 0.5) is 17.1 Å². The monoisotopic (exact) mass is 459 g/mol. The van der Waals surface area contributed by atoms with Gasteiger partial charge in [-0.05, 0) is 30.7 Å². The average Bonchev–Trinajstić information content (AvgIpc) is 3.36. The van der Waals surface area contributed by atoms with Gasteiger partial charge in [0.25, 0.3) is 11.6 Å². The minimum atomic E-state index is -1.68. The first-order chi connectivity index (χ1) is 16.5. The second kappa shape index (κ2) is 8.27. The van der Waals surface area contributed by atoms with E-state index in [1.54, 1.807) is 55.5 Å². The maximum Gasteiger partial charge on any atom is 0.315 e.